The van der Waals surface area contributed by atoms with E-state index in [-0.39, 0.29) is 11.7 Å². The normalized spacial score (nSPS) is 19.6. The van der Waals surface area contributed by atoms with Crippen LogP contribution in [0, 0.1) is 5.82 Å². The summed E-state index contributed by atoms with van der Waals surface area (Å²) in [6.07, 6.45) is 0.698. The number of benzene rings is 2. The van der Waals surface area contributed by atoms with Gasteiger partial charge in [0.1, 0.15) is 17.6 Å². The molecule has 2 atom stereocenters. The lowest BCUT2D eigenvalue weighted by Crippen LogP contribution is -2.22. The molecule has 26 heavy (non-hydrogen) atoms. The molecule has 1 fully saturated rings. The Morgan fingerprint density at radius 1 is 1.15 bits per heavy atom. The summed E-state index contributed by atoms with van der Waals surface area (Å²) < 4.78 is 21.7. The predicted molar refractivity (Wildman–Crippen MR) is 98.1 cm³/mol. The number of nitrogens with one attached hydrogen (secondary N) is 1. The van der Waals surface area contributed by atoms with Gasteiger partial charge in [0.15, 0.2) is 6.23 Å². The first-order valence-corrected chi connectivity index (χ1v) is 8.88. The highest BCUT2D eigenvalue weighted by Crippen LogP contribution is 2.32. The van der Waals surface area contributed by atoms with E-state index in [4.69, 9.17) is 4.74 Å². The zero-order valence-electron chi connectivity index (χ0n) is 13.8. The minimum atomic E-state index is -0.596. The molecule has 1 amide bonds. The molecule has 132 valence electrons. The first kappa shape index (κ1) is 16.9. The zero-order chi connectivity index (χ0) is 18.3. The van der Waals surface area contributed by atoms with Crippen molar-refractivity contribution in [2.75, 3.05) is 0 Å². The molecule has 0 spiro atoms. The lowest BCUT2D eigenvalue weighted by Gasteiger charge is -2.10. The highest BCUT2D eigenvalue weighted by atomic mass is 79.9. The standard InChI is InChI=1S/C19H15BrFN3O2/c1-11-18(25)22-19(26-11)16-10-24(15-8-4-13(20)5-9-15)23-17(16)12-2-6-14(21)7-3-12/h2-11,19H,1H3,(H,22,25)/t11-,19?/m0/s1. The molecule has 1 N–H and O–H groups in total. The molecule has 2 heterocycles. The second-order valence-corrected chi connectivity index (χ2v) is 6.94. The van der Waals surface area contributed by atoms with Gasteiger partial charge in [0, 0.05) is 21.8 Å². The monoisotopic (exact) mass is 415 g/mol. The van der Waals surface area contributed by atoms with Crippen LogP contribution in [0.4, 0.5) is 4.39 Å². The Morgan fingerprint density at radius 3 is 2.46 bits per heavy atom. The second kappa shape index (κ2) is 6.66. The van der Waals surface area contributed by atoms with E-state index in [0.717, 1.165) is 21.3 Å². The fourth-order valence-corrected chi connectivity index (χ4v) is 3.10. The van der Waals surface area contributed by atoms with Crippen LogP contribution in [-0.2, 0) is 9.53 Å². The topological polar surface area (TPSA) is 56.1 Å². The van der Waals surface area contributed by atoms with Crippen molar-refractivity contribution in [1.29, 1.82) is 0 Å². The zero-order valence-corrected chi connectivity index (χ0v) is 15.4. The molecule has 1 unspecified atom stereocenters. The third-order valence-corrected chi connectivity index (χ3v) is 4.75. The maximum atomic E-state index is 13.3. The number of hydrogen-bond acceptors (Lipinski definition) is 3. The molecule has 7 heteroatoms. The quantitative estimate of drug-likeness (QED) is 0.703. The second-order valence-electron chi connectivity index (χ2n) is 6.03. The molecule has 1 aromatic heterocycles. The summed E-state index contributed by atoms with van der Waals surface area (Å²) in [4.78, 5) is 11.8. The van der Waals surface area contributed by atoms with Crippen molar-refractivity contribution in [2.45, 2.75) is 19.3 Å². The van der Waals surface area contributed by atoms with Crippen LogP contribution in [0.3, 0.4) is 0 Å². The van der Waals surface area contributed by atoms with Crippen molar-refractivity contribution >= 4 is 21.8 Å². The summed E-state index contributed by atoms with van der Waals surface area (Å²) >= 11 is 3.42. The van der Waals surface area contributed by atoms with E-state index in [2.05, 4.69) is 26.3 Å². The Balaban J connectivity index is 1.81. The molecule has 1 saturated heterocycles. The van der Waals surface area contributed by atoms with Gasteiger partial charge >= 0.3 is 0 Å². The Morgan fingerprint density at radius 2 is 1.85 bits per heavy atom. The molecule has 2 aromatic carbocycles. The minimum Gasteiger partial charge on any atom is -0.341 e. The summed E-state index contributed by atoms with van der Waals surface area (Å²) in [6.45, 7) is 1.70. The third-order valence-electron chi connectivity index (χ3n) is 4.22. The summed E-state index contributed by atoms with van der Waals surface area (Å²) in [6, 6.07) is 13.8. The van der Waals surface area contributed by atoms with Gasteiger partial charge in [0.05, 0.1) is 5.69 Å². The fourth-order valence-electron chi connectivity index (χ4n) is 2.83. The molecule has 1 aliphatic rings. The molecule has 3 aromatic rings. The van der Waals surface area contributed by atoms with E-state index in [0.29, 0.717) is 5.69 Å². The summed E-state index contributed by atoms with van der Waals surface area (Å²) in [5, 5.41) is 7.47. The number of ether oxygens (including phenoxy) is 1. The van der Waals surface area contributed by atoms with E-state index >= 15 is 0 Å². The number of amides is 1. The molecule has 1 aliphatic heterocycles. The van der Waals surface area contributed by atoms with Crippen LogP contribution in [0.2, 0.25) is 0 Å². The summed E-state index contributed by atoms with van der Waals surface area (Å²) in [5.41, 5.74) is 2.96. The molecule has 4 rings (SSSR count). The van der Waals surface area contributed by atoms with E-state index in [9.17, 15) is 9.18 Å². The highest BCUT2D eigenvalue weighted by Gasteiger charge is 2.33. The number of aromatic nitrogens is 2. The van der Waals surface area contributed by atoms with Gasteiger partial charge in [-0.2, -0.15) is 5.10 Å². The first-order chi connectivity index (χ1) is 12.5. The third kappa shape index (κ3) is 3.15. The SMILES string of the molecule is C[C@@H]1OC(c2cn(-c3ccc(Br)cc3)nc2-c2ccc(F)cc2)NC1=O. The average molecular weight is 416 g/mol. The van der Waals surface area contributed by atoms with E-state index < -0.39 is 12.3 Å². The number of carbonyl (C=O) groups is 1. The maximum absolute atomic E-state index is 13.3. The van der Waals surface area contributed by atoms with Gasteiger partial charge in [-0.3, -0.25) is 4.79 Å². The number of halogens is 2. The van der Waals surface area contributed by atoms with Crippen LogP contribution in [0.1, 0.15) is 18.7 Å². The molecule has 5 nitrogen and oxygen atoms in total. The average Bonchev–Trinajstić information content (AvgIpc) is 3.20. The maximum Gasteiger partial charge on any atom is 0.251 e. The van der Waals surface area contributed by atoms with Crippen molar-refractivity contribution in [3.63, 3.8) is 0 Å². The van der Waals surface area contributed by atoms with Crippen LogP contribution in [0.5, 0.6) is 0 Å². The van der Waals surface area contributed by atoms with Gasteiger partial charge in [-0.1, -0.05) is 15.9 Å². The van der Waals surface area contributed by atoms with Crippen LogP contribution in [0.25, 0.3) is 16.9 Å². The van der Waals surface area contributed by atoms with Crippen LogP contribution in [0.15, 0.2) is 59.2 Å². The van der Waals surface area contributed by atoms with Gasteiger partial charge < -0.3 is 10.1 Å². The van der Waals surface area contributed by atoms with Gasteiger partial charge in [-0.05, 0) is 55.5 Å². The lowest BCUT2D eigenvalue weighted by atomic mass is 10.1. The number of nitrogens with zero attached hydrogens (tertiary/aromatic N) is 2. The summed E-state index contributed by atoms with van der Waals surface area (Å²) in [5.74, 6) is -0.488. The molecule has 0 bridgehead atoms. The number of carbonyl (C=O) groups excluding carboxylic acids is 1. The van der Waals surface area contributed by atoms with E-state index in [1.807, 2.05) is 30.5 Å². The lowest BCUT2D eigenvalue weighted by molar-refractivity contribution is -0.122. The Kier molecular flexibility index (Phi) is 4.34. The van der Waals surface area contributed by atoms with Gasteiger partial charge in [0.25, 0.3) is 5.91 Å². The Labute approximate surface area is 157 Å². The van der Waals surface area contributed by atoms with Crippen molar-refractivity contribution in [3.8, 4) is 16.9 Å². The van der Waals surface area contributed by atoms with Crippen LogP contribution >= 0.6 is 15.9 Å². The van der Waals surface area contributed by atoms with Gasteiger partial charge in [-0.15, -0.1) is 0 Å². The fraction of sp³-hybridized carbons (Fsp3) is 0.158. The molecule has 0 saturated carbocycles. The molecule has 0 radical (unpaired) electrons. The Bertz CT molecular complexity index is 954. The van der Waals surface area contributed by atoms with Crippen molar-refractivity contribution in [3.05, 3.63) is 70.6 Å². The van der Waals surface area contributed by atoms with Gasteiger partial charge in [0.2, 0.25) is 0 Å². The largest absolute Gasteiger partial charge is 0.341 e. The highest BCUT2D eigenvalue weighted by molar-refractivity contribution is 9.10. The van der Waals surface area contributed by atoms with Crippen molar-refractivity contribution in [2.24, 2.45) is 0 Å². The first-order valence-electron chi connectivity index (χ1n) is 8.08. The van der Waals surface area contributed by atoms with Gasteiger partial charge in [-0.25, -0.2) is 9.07 Å². The molecular formula is C19H15BrFN3O2. The van der Waals surface area contributed by atoms with Crippen LogP contribution < -0.4 is 5.32 Å². The number of rotatable bonds is 3. The minimum absolute atomic E-state index is 0.170. The van der Waals surface area contributed by atoms with E-state index in [1.165, 1.54) is 12.1 Å². The van der Waals surface area contributed by atoms with Crippen molar-refractivity contribution < 1.29 is 13.9 Å². The molecular weight excluding hydrogens is 401 g/mol. The molecule has 0 aliphatic carbocycles. The van der Waals surface area contributed by atoms with E-state index in [1.54, 1.807) is 23.7 Å². The predicted octanol–water partition coefficient (Wildman–Crippen LogP) is 3.97. The van der Waals surface area contributed by atoms with Crippen LogP contribution in [-0.4, -0.2) is 21.8 Å². The number of hydrogen-bond donors (Lipinski definition) is 1. The van der Waals surface area contributed by atoms with Crippen molar-refractivity contribution in [1.82, 2.24) is 15.1 Å². The smallest absolute Gasteiger partial charge is 0.251 e. The summed E-state index contributed by atoms with van der Waals surface area (Å²) in [7, 11) is 0. The Hall–Kier alpha value is -2.51.